The Labute approximate surface area is 117 Å². The minimum Gasteiger partial charge on any atom is -0.444 e. The third-order valence-electron chi connectivity index (χ3n) is 2.62. The van der Waals surface area contributed by atoms with Gasteiger partial charge in [-0.2, -0.15) is 0 Å². The van der Waals surface area contributed by atoms with Crippen molar-refractivity contribution in [3.63, 3.8) is 0 Å². The van der Waals surface area contributed by atoms with Crippen LogP contribution in [0.1, 0.15) is 31.9 Å². The summed E-state index contributed by atoms with van der Waals surface area (Å²) in [6.45, 7) is 6.58. The highest BCUT2D eigenvalue weighted by molar-refractivity contribution is 6.42. The molecule has 1 aromatic carbocycles. The second kappa shape index (κ2) is 4.63. The van der Waals surface area contributed by atoms with Crippen molar-refractivity contribution >= 4 is 29.3 Å². The summed E-state index contributed by atoms with van der Waals surface area (Å²) in [6.07, 6.45) is -0.314. The molecule has 0 bridgehead atoms. The Morgan fingerprint density at radius 2 is 1.61 bits per heavy atom. The predicted octanol–water partition coefficient (Wildman–Crippen LogP) is 4.24. The summed E-state index contributed by atoms with van der Waals surface area (Å²) < 4.78 is 5.33. The predicted molar refractivity (Wildman–Crippen MR) is 71.9 cm³/mol. The molecule has 0 fully saturated rings. The van der Waals surface area contributed by atoms with E-state index in [9.17, 15) is 4.79 Å². The summed E-state index contributed by atoms with van der Waals surface area (Å²) in [6, 6.07) is 3.62. The summed E-state index contributed by atoms with van der Waals surface area (Å²) >= 11 is 11.9. The largest absolute Gasteiger partial charge is 0.444 e. The molecular formula is C13H15Cl2NO2. The fourth-order valence-electron chi connectivity index (χ4n) is 1.85. The lowest BCUT2D eigenvalue weighted by Crippen LogP contribution is -2.33. The van der Waals surface area contributed by atoms with Gasteiger partial charge in [-0.15, -0.1) is 0 Å². The highest BCUT2D eigenvalue weighted by atomic mass is 35.5. The molecule has 2 rings (SSSR count). The van der Waals surface area contributed by atoms with E-state index in [0.717, 1.165) is 11.1 Å². The van der Waals surface area contributed by atoms with Crippen molar-refractivity contribution in [1.82, 2.24) is 4.90 Å². The first-order valence-corrected chi connectivity index (χ1v) is 6.46. The van der Waals surface area contributed by atoms with E-state index in [1.165, 1.54) is 0 Å². The first-order valence-electron chi connectivity index (χ1n) is 5.71. The van der Waals surface area contributed by atoms with Crippen LogP contribution in [-0.4, -0.2) is 16.6 Å². The van der Waals surface area contributed by atoms with Crippen molar-refractivity contribution in [3.05, 3.63) is 33.3 Å². The maximum atomic E-state index is 11.9. The minimum atomic E-state index is -0.485. The Hall–Kier alpha value is -0.930. The monoisotopic (exact) mass is 287 g/mol. The number of benzene rings is 1. The molecule has 0 aromatic heterocycles. The van der Waals surface area contributed by atoms with Gasteiger partial charge in [0, 0.05) is 13.1 Å². The molecule has 5 heteroatoms. The smallest absolute Gasteiger partial charge is 0.410 e. The molecular weight excluding hydrogens is 273 g/mol. The number of rotatable bonds is 0. The van der Waals surface area contributed by atoms with Crippen LogP contribution < -0.4 is 0 Å². The second-order valence-electron chi connectivity index (χ2n) is 5.37. The van der Waals surface area contributed by atoms with Crippen LogP contribution in [0, 0.1) is 0 Å². The summed E-state index contributed by atoms with van der Waals surface area (Å²) in [5.41, 5.74) is 1.56. The van der Waals surface area contributed by atoms with Gasteiger partial charge in [0.25, 0.3) is 0 Å². The number of carbonyl (C=O) groups is 1. The van der Waals surface area contributed by atoms with Gasteiger partial charge in [0.1, 0.15) is 5.60 Å². The fraction of sp³-hybridized carbons (Fsp3) is 0.462. The van der Waals surface area contributed by atoms with E-state index < -0.39 is 5.60 Å². The van der Waals surface area contributed by atoms with E-state index in [2.05, 4.69) is 0 Å². The molecule has 1 heterocycles. The first-order chi connectivity index (χ1) is 8.26. The lowest BCUT2D eigenvalue weighted by molar-refractivity contribution is 0.0242. The van der Waals surface area contributed by atoms with E-state index in [0.29, 0.717) is 23.1 Å². The van der Waals surface area contributed by atoms with Crippen molar-refractivity contribution in [2.24, 2.45) is 0 Å². The SMILES string of the molecule is CC(C)(C)OC(=O)N1Cc2cc(Cl)c(Cl)cc2C1. The molecule has 1 amide bonds. The second-order valence-corrected chi connectivity index (χ2v) is 6.19. The molecule has 0 atom stereocenters. The van der Waals surface area contributed by atoms with Gasteiger partial charge in [0.05, 0.1) is 10.0 Å². The average Bonchev–Trinajstić information content (AvgIpc) is 2.59. The fourth-order valence-corrected chi connectivity index (χ4v) is 2.22. The van der Waals surface area contributed by atoms with E-state index in [4.69, 9.17) is 27.9 Å². The molecule has 0 saturated carbocycles. The third-order valence-corrected chi connectivity index (χ3v) is 3.34. The average molecular weight is 288 g/mol. The molecule has 0 saturated heterocycles. The molecule has 1 aliphatic heterocycles. The normalized spacial score (nSPS) is 14.6. The number of nitrogens with zero attached hydrogens (tertiary/aromatic N) is 1. The summed E-state index contributed by atoms with van der Waals surface area (Å²) in [5, 5.41) is 1.03. The first kappa shape index (κ1) is 13.5. The summed E-state index contributed by atoms with van der Waals surface area (Å²) in [5.74, 6) is 0. The van der Waals surface area contributed by atoms with Crippen molar-refractivity contribution in [1.29, 1.82) is 0 Å². The number of amides is 1. The number of halogens is 2. The zero-order valence-electron chi connectivity index (χ0n) is 10.6. The molecule has 1 aliphatic rings. The van der Waals surface area contributed by atoms with Gasteiger partial charge in [0.2, 0.25) is 0 Å². The van der Waals surface area contributed by atoms with Gasteiger partial charge in [-0.05, 0) is 44.0 Å². The van der Waals surface area contributed by atoms with Gasteiger partial charge >= 0.3 is 6.09 Å². The van der Waals surface area contributed by atoms with E-state index >= 15 is 0 Å². The molecule has 0 spiro atoms. The molecule has 98 valence electrons. The van der Waals surface area contributed by atoms with Crippen molar-refractivity contribution in [3.8, 4) is 0 Å². The Morgan fingerprint density at radius 1 is 1.17 bits per heavy atom. The Morgan fingerprint density at radius 3 is 2.00 bits per heavy atom. The maximum Gasteiger partial charge on any atom is 0.410 e. The highest BCUT2D eigenvalue weighted by Crippen LogP contribution is 2.32. The van der Waals surface area contributed by atoms with Gasteiger partial charge in [-0.1, -0.05) is 23.2 Å². The molecule has 1 aromatic rings. The van der Waals surface area contributed by atoms with Crippen LogP contribution in [-0.2, 0) is 17.8 Å². The van der Waals surface area contributed by atoms with E-state index in [1.807, 2.05) is 32.9 Å². The number of hydrogen-bond acceptors (Lipinski definition) is 2. The quantitative estimate of drug-likeness (QED) is 0.714. The molecule has 0 N–H and O–H groups in total. The summed E-state index contributed by atoms with van der Waals surface area (Å²) in [7, 11) is 0. The molecule has 0 unspecified atom stereocenters. The minimum absolute atomic E-state index is 0.314. The van der Waals surface area contributed by atoms with Crippen molar-refractivity contribution in [2.45, 2.75) is 39.5 Å². The number of hydrogen-bond donors (Lipinski definition) is 0. The third kappa shape index (κ3) is 2.90. The van der Waals surface area contributed by atoms with Crippen molar-refractivity contribution in [2.75, 3.05) is 0 Å². The van der Waals surface area contributed by atoms with Crippen LogP contribution >= 0.6 is 23.2 Å². The molecule has 18 heavy (non-hydrogen) atoms. The molecule has 0 radical (unpaired) electrons. The van der Waals surface area contributed by atoms with E-state index in [1.54, 1.807) is 4.90 Å². The summed E-state index contributed by atoms with van der Waals surface area (Å²) in [4.78, 5) is 13.6. The Balaban J connectivity index is 2.13. The van der Waals surface area contributed by atoms with Gasteiger partial charge < -0.3 is 4.74 Å². The molecule has 0 aliphatic carbocycles. The van der Waals surface area contributed by atoms with E-state index in [-0.39, 0.29) is 6.09 Å². The lowest BCUT2D eigenvalue weighted by atomic mass is 10.1. The maximum absolute atomic E-state index is 11.9. The van der Waals surface area contributed by atoms with Crippen LogP contribution in [0.2, 0.25) is 10.0 Å². The van der Waals surface area contributed by atoms with Crippen LogP contribution in [0.3, 0.4) is 0 Å². The molecule has 3 nitrogen and oxygen atoms in total. The number of ether oxygens (including phenoxy) is 1. The van der Waals surface area contributed by atoms with Crippen LogP contribution in [0.25, 0.3) is 0 Å². The Bertz CT molecular complexity index is 463. The number of fused-ring (bicyclic) bond motifs is 1. The van der Waals surface area contributed by atoms with Gasteiger partial charge in [0.15, 0.2) is 0 Å². The number of carbonyl (C=O) groups excluding carboxylic acids is 1. The van der Waals surface area contributed by atoms with Gasteiger partial charge in [-0.25, -0.2) is 4.79 Å². The standard InChI is InChI=1S/C13H15Cl2NO2/c1-13(2,3)18-12(17)16-6-8-4-10(14)11(15)5-9(8)7-16/h4-5H,6-7H2,1-3H3. The zero-order chi connectivity index (χ0) is 13.5. The Kier molecular flexibility index (Phi) is 3.47. The lowest BCUT2D eigenvalue weighted by Gasteiger charge is -2.24. The van der Waals surface area contributed by atoms with Crippen LogP contribution in [0.15, 0.2) is 12.1 Å². The van der Waals surface area contributed by atoms with Gasteiger partial charge in [-0.3, -0.25) is 4.90 Å². The van der Waals surface area contributed by atoms with Crippen molar-refractivity contribution < 1.29 is 9.53 Å². The highest BCUT2D eigenvalue weighted by Gasteiger charge is 2.28. The topological polar surface area (TPSA) is 29.5 Å². The van der Waals surface area contributed by atoms with Crippen LogP contribution in [0.4, 0.5) is 4.79 Å². The van der Waals surface area contributed by atoms with Crippen LogP contribution in [0.5, 0.6) is 0 Å². The zero-order valence-corrected chi connectivity index (χ0v) is 12.1.